The zero-order chi connectivity index (χ0) is 14.2. The summed E-state index contributed by atoms with van der Waals surface area (Å²) < 4.78 is 5.05. The van der Waals surface area contributed by atoms with Crippen molar-refractivity contribution in [2.75, 3.05) is 32.9 Å². The number of carbonyl (C=O) groups excluding carboxylic acids is 1. The second-order valence-corrected chi connectivity index (χ2v) is 4.28. The van der Waals surface area contributed by atoms with Crippen LogP contribution in [0.4, 0.5) is 4.79 Å². The fourth-order valence-electron chi connectivity index (χ4n) is 1.14. The molecule has 0 aromatic rings. The lowest BCUT2D eigenvalue weighted by atomic mass is 10.1. The normalized spacial score (nSPS) is 11.1. The Balaban J connectivity index is 4.22. The van der Waals surface area contributed by atoms with Gasteiger partial charge in [0.05, 0.1) is 19.8 Å². The van der Waals surface area contributed by atoms with Crippen molar-refractivity contribution in [3.05, 3.63) is 0 Å². The molecule has 7 heteroatoms. The molecular formula is C11H22N2O5. The number of ether oxygens (including phenoxy) is 1. The number of hydrogen-bond acceptors (Lipinski definition) is 4. The van der Waals surface area contributed by atoms with Crippen LogP contribution >= 0.6 is 0 Å². The first-order chi connectivity index (χ1) is 8.35. The third-order valence-electron chi connectivity index (χ3n) is 2.36. The van der Waals surface area contributed by atoms with Crippen LogP contribution in [-0.2, 0) is 9.53 Å². The number of carbonyl (C=O) groups is 2. The van der Waals surface area contributed by atoms with E-state index >= 15 is 0 Å². The van der Waals surface area contributed by atoms with Crippen LogP contribution in [0.1, 0.15) is 20.8 Å². The third-order valence-corrected chi connectivity index (χ3v) is 2.36. The van der Waals surface area contributed by atoms with Gasteiger partial charge in [-0.1, -0.05) is 0 Å². The van der Waals surface area contributed by atoms with Gasteiger partial charge in [-0.05, 0) is 20.8 Å². The minimum absolute atomic E-state index is 0.0651. The number of aliphatic carboxylic acids is 1. The molecule has 0 atom stereocenters. The smallest absolute Gasteiger partial charge is 0.328 e. The molecule has 106 valence electrons. The highest BCUT2D eigenvalue weighted by Gasteiger charge is 2.30. The Bertz CT molecular complexity index is 281. The number of hydrogen-bond donors (Lipinski definition) is 3. The summed E-state index contributed by atoms with van der Waals surface area (Å²) in [5, 5.41) is 19.9. The summed E-state index contributed by atoms with van der Waals surface area (Å²) in [7, 11) is 0. The summed E-state index contributed by atoms with van der Waals surface area (Å²) in [4.78, 5) is 24.1. The van der Waals surface area contributed by atoms with Gasteiger partial charge in [0.15, 0.2) is 0 Å². The van der Waals surface area contributed by atoms with Gasteiger partial charge in [-0.25, -0.2) is 9.59 Å². The summed E-state index contributed by atoms with van der Waals surface area (Å²) in [6, 6.07) is -0.447. The van der Waals surface area contributed by atoms with E-state index < -0.39 is 17.5 Å². The van der Waals surface area contributed by atoms with Crippen LogP contribution in [0.3, 0.4) is 0 Å². The summed E-state index contributed by atoms with van der Waals surface area (Å²) in [6.45, 7) is 5.88. The molecule has 0 bridgehead atoms. The molecule has 18 heavy (non-hydrogen) atoms. The molecule has 0 aliphatic heterocycles. The number of nitrogens with zero attached hydrogens (tertiary/aromatic N) is 1. The fourth-order valence-corrected chi connectivity index (χ4v) is 1.14. The van der Waals surface area contributed by atoms with Gasteiger partial charge in [0, 0.05) is 13.1 Å². The number of aliphatic hydroxyl groups is 1. The van der Waals surface area contributed by atoms with Gasteiger partial charge >= 0.3 is 12.0 Å². The topological polar surface area (TPSA) is 99.1 Å². The zero-order valence-electron chi connectivity index (χ0n) is 11.1. The van der Waals surface area contributed by atoms with E-state index in [0.717, 1.165) is 0 Å². The molecule has 0 radical (unpaired) electrons. The highest BCUT2D eigenvalue weighted by Crippen LogP contribution is 2.03. The van der Waals surface area contributed by atoms with E-state index in [1.807, 2.05) is 0 Å². The van der Waals surface area contributed by atoms with Crippen molar-refractivity contribution in [3.8, 4) is 0 Å². The van der Waals surface area contributed by atoms with Crippen molar-refractivity contribution in [3.63, 3.8) is 0 Å². The maximum atomic E-state index is 11.8. The molecule has 7 nitrogen and oxygen atoms in total. The Morgan fingerprint density at radius 2 is 1.94 bits per heavy atom. The third kappa shape index (κ3) is 5.83. The second kappa shape index (κ2) is 7.88. The van der Waals surface area contributed by atoms with Crippen LogP contribution in [-0.4, -0.2) is 65.6 Å². The number of amides is 2. The van der Waals surface area contributed by atoms with Crippen LogP contribution in [0.5, 0.6) is 0 Å². The lowest BCUT2D eigenvalue weighted by molar-refractivity contribution is -0.143. The number of carboxylic acids is 1. The number of nitrogens with one attached hydrogen (secondary N) is 1. The molecule has 0 aliphatic rings. The molecule has 0 spiro atoms. The average molecular weight is 262 g/mol. The van der Waals surface area contributed by atoms with E-state index in [0.29, 0.717) is 19.7 Å². The van der Waals surface area contributed by atoms with Crippen LogP contribution < -0.4 is 5.32 Å². The average Bonchev–Trinajstić information content (AvgIpc) is 2.28. The summed E-state index contributed by atoms with van der Waals surface area (Å²) in [5.74, 6) is -1.09. The molecule has 0 saturated heterocycles. The molecule has 0 heterocycles. The van der Waals surface area contributed by atoms with Gasteiger partial charge in [-0.2, -0.15) is 0 Å². The molecule has 2 amide bonds. The highest BCUT2D eigenvalue weighted by atomic mass is 16.5. The van der Waals surface area contributed by atoms with Crippen LogP contribution in [0.2, 0.25) is 0 Å². The Morgan fingerprint density at radius 1 is 1.33 bits per heavy atom. The number of urea groups is 1. The monoisotopic (exact) mass is 262 g/mol. The van der Waals surface area contributed by atoms with Gasteiger partial charge in [0.2, 0.25) is 0 Å². The van der Waals surface area contributed by atoms with E-state index in [2.05, 4.69) is 5.32 Å². The van der Waals surface area contributed by atoms with Crippen molar-refractivity contribution >= 4 is 12.0 Å². The Morgan fingerprint density at radius 3 is 2.39 bits per heavy atom. The van der Waals surface area contributed by atoms with E-state index in [4.69, 9.17) is 14.9 Å². The molecule has 0 unspecified atom stereocenters. The summed E-state index contributed by atoms with van der Waals surface area (Å²) in [5.41, 5.74) is -1.31. The van der Waals surface area contributed by atoms with Gasteiger partial charge in [0.1, 0.15) is 5.54 Å². The molecular weight excluding hydrogens is 240 g/mol. The summed E-state index contributed by atoms with van der Waals surface area (Å²) in [6.07, 6.45) is 0. The molecule has 0 aliphatic carbocycles. The molecule has 0 rings (SSSR count). The van der Waals surface area contributed by atoms with Crippen LogP contribution in [0, 0.1) is 0 Å². The first-order valence-electron chi connectivity index (χ1n) is 5.84. The standard InChI is InChI=1S/C11H22N2O5/c1-4-13(5-7-18-8-6-14)10(17)12-11(2,3)9(15)16/h14H,4-8H2,1-3H3,(H,12,17)(H,15,16). The van der Waals surface area contributed by atoms with Crippen molar-refractivity contribution < 1.29 is 24.5 Å². The maximum Gasteiger partial charge on any atom is 0.328 e. The molecule has 0 aromatic carbocycles. The quantitative estimate of drug-likeness (QED) is 0.530. The second-order valence-electron chi connectivity index (χ2n) is 4.28. The Kier molecular flexibility index (Phi) is 7.30. The number of aliphatic hydroxyl groups excluding tert-OH is 1. The minimum Gasteiger partial charge on any atom is -0.480 e. The number of carboxylic acid groups (broad SMARTS) is 1. The van der Waals surface area contributed by atoms with E-state index in [9.17, 15) is 9.59 Å². The minimum atomic E-state index is -1.31. The Labute approximate surface area is 107 Å². The van der Waals surface area contributed by atoms with Crippen LogP contribution in [0.25, 0.3) is 0 Å². The lowest BCUT2D eigenvalue weighted by Gasteiger charge is -2.27. The van der Waals surface area contributed by atoms with E-state index in [-0.39, 0.29) is 13.2 Å². The van der Waals surface area contributed by atoms with Gasteiger partial charge in [-0.15, -0.1) is 0 Å². The largest absolute Gasteiger partial charge is 0.480 e. The summed E-state index contributed by atoms with van der Waals surface area (Å²) >= 11 is 0. The van der Waals surface area contributed by atoms with Crippen molar-refractivity contribution in [2.24, 2.45) is 0 Å². The molecule has 0 fully saturated rings. The van der Waals surface area contributed by atoms with Crippen molar-refractivity contribution in [1.82, 2.24) is 10.2 Å². The molecule has 3 N–H and O–H groups in total. The fraction of sp³-hybridized carbons (Fsp3) is 0.818. The van der Waals surface area contributed by atoms with E-state index in [1.165, 1.54) is 18.7 Å². The first kappa shape index (κ1) is 16.7. The van der Waals surface area contributed by atoms with Gasteiger partial charge in [0.25, 0.3) is 0 Å². The molecule has 0 aromatic heterocycles. The predicted octanol–water partition coefficient (Wildman–Crippen LogP) is -0.110. The van der Waals surface area contributed by atoms with Gasteiger partial charge in [-0.3, -0.25) is 0 Å². The van der Waals surface area contributed by atoms with Crippen LogP contribution in [0.15, 0.2) is 0 Å². The predicted molar refractivity (Wildman–Crippen MR) is 65.4 cm³/mol. The van der Waals surface area contributed by atoms with Crippen molar-refractivity contribution in [1.29, 1.82) is 0 Å². The highest BCUT2D eigenvalue weighted by molar-refractivity contribution is 5.85. The SMILES string of the molecule is CCN(CCOCCO)C(=O)NC(C)(C)C(=O)O. The lowest BCUT2D eigenvalue weighted by Crippen LogP contribution is -2.54. The Hall–Kier alpha value is -1.34. The maximum absolute atomic E-state index is 11.8. The zero-order valence-corrected chi connectivity index (χ0v) is 11.1. The van der Waals surface area contributed by atoms with Crippen molar-refractivity contribution in [2.45, 2.75) is 26.3 Å². The number of likely N-dealkylation sites (N-methyl/N-ethyl adjacent to an activating group) is 1. The number of rotatable bonds is 8. The van der Waals surface area contributed by atoms with E-state index in [1.54, 1.807) is 6.92 Å². The van der Waals surface area contributed by atoms with Gasteiger partial charge < -0.3 is 25.2 Å². The molecule has 0 saturated carbocycles. The first-order valence-corrected chi connectivity index (χ1v) is 5.84.